The Hall–Kier alpha value is -5.40. The molecule has 4 saturated carbocycles. The Morgan fingerprint density at radius 1 is 0.475 bits per heavy atom. The summed E-state index contributed by atoms with van der Waals surface area (Å²) in [7, 11) is 0. The molecule has 6 aliphatic carbocycles. The van der Waals surface area contributed by atoms with Crippen LogP contribution in [0.15, 0.2) is 152 Å². The Kier molecular flexibility index (Phi) is 6.81. The molecule has 1 heteroatoms. The van der Waals surface area contributed by atoms with E-state index in [1.807, 2.05) is 0 Å². The van der Waals surface area contributed by atoms with Crippen molar-refractivity contribution in [2.24, 2.45) is 29.1 Å². The minimum atomic E-state index is 0.165. The highest BCUT2D eigenvalue weighted by Crippen LogP contribution is 2.89. The first-order valence-corrected chi connectivity index (χ1v) is 22.6. The third-order valence-corrected chi connectivity index (χ3v) is 17.4. The maximum absolute atomic E-state index is 2.57. The fourth-order valence-electron chi connectivity index (χ4n) is 14.7. The van der Waals surface area contributed by atoms with Gasteiger partial charge in [0.2, 0.25) is 0 Å². The lowest BCUT2D eigenvalue weighted by Gasteiger charge is -2.76. The van der Waals surface area contributed by atoms with Crippen LogP contribution in [0.25, 0.3) is 44.2 Å². The molecule has 0 N–H and O–H groups in total. The molecule has 7 aromatic carbocycles. The third kappa shape index (κ3) is 4.42. The molecule has 0 aromatic heterocycles. The molecule has 59 heavy (non-hydrogen) atoms. The van der Waals surface area contributed by atoms with E-state index in [-0.39, 0.29) is 16.2 Å². The van der Waals surface area contributed by atoms with Crippen LogP contribution >= 0.6 is 0 Å². The van der Waals surface area contributed by atoms with Gasteiger partial charge in [-0.15, -0.1) is 0 Å². The highest BCUT2D eigenvalue weighted by molar-refractivity contribution is 5.96. The average molecular weight is 764 g/mol. The molecule has 4 fully saturated rings. The summed E-state index contributed by atoms with van der Waals surface area (Å²) in [5.41, 5.74) is 19.1. The molecule has 0 aliphatic heterocycles. The van der Waals surface area contributed by atoms with Crippen molar-refractivity contribution in [2.45, 2.75) is 82.5 Å². The van der Waals surface area contributed by atoms with Gasteiger partial charge in [-0.25, -0.2) is 0 Å². The van der Waals surface area contributed by atoms with Gasteiger partial charge in [0, 0.05) is 22.4 Å². The molecular weight excluding hydrogens is 711 g/mol. The Morgan fingerprint density at radius 3 is 1.83 bits per heavy atom. The molecular formula is C58H53N. The van der Waals surface area contributed by atoms with Crippen molar-refractivity contribution in [3.8, 4) is 33.4 Å². The van der Waals surface area contributed by atoms with Crippen molar-refractivity contribution in [3.63, 3.8) is 0 Å². The van der Waals surface area contributed by atoms with Crippen LogP contribution in [-0.2, 0) is 16.2 Å². The molecule has 2 bridgehead atoms. The number of rotatable bonds is 5. The predicted octanol–water partition coefficient (Wildman–Crippen LogP) is 15.3. The van der Waals surface area contributed by atoms with Crippen molar-refractivity contribution >= 4 is 27.8 Å². The molecule has 0 heterocycles. The Bertz CT molecular complexity index is 2880. The molecule has 0 saturated heterocycles. The van der Waals surface area contributed by atoms with E-state index in [4.69, 9.17) is 0 Å². The van der Waals surface area contributed by atoms with Gasteiger partial charge in [-0.1, -0.05) is 143 Å². The third-order valence-electron chi connectivity index (χ3n) is 17.4. The Labute approximate surface area is 350 Å². The maximum Gasteiger partial charge on any atom is 0.0543 e. The first kappa shape index (κ1) is 34.5. The largest absolute Gasteiger partial charge is 0.310 e. The molecule has 6 atom stereocenters. The topological polar surface area (TPSA) is 3.24 Å². The first-order valence-electron chi connectivity index (χ1n) is 22.6. The zero-order chi connectivity index (χ0) is 39.5. The van der Waals surface area contributed by atoms with E-state index in [1.165, 1.54) is 111 Å². The standard InChI is InChI=1S/C58H53N/c1-55(2)28-29-56(3,4)50-33-42(22-27-48(50)55)39-20-25-45(26-21-39)59(44-23-18-38(19-24-44)41-17-16-37-10-5-6-11-40(37)32-41)51-15-9-14-49-54(51)46-12-7-8-13-47(46)58(49)52-31-36-30-43-34-53(58)57(43,52)35-36/h5-27,32-33,36,43,52-53H,28-31,34-35H2,1-4H3. The average Bonchev–Trinajstić information content (AvgIpc) is 3.90. The van der Waals surface area contributed by atoms with Gasteiger partial charge in [0.25, 0.3) is 0 Å². The number of benzene rings is 7. The smallest absolute Gasteiger partial charge is 0.0543 e. The molecule has 6 aliphatic rings. The summed E-state index contributed by atoms with van der Waals surface area (Å²) in [5, 5.41) is 2.56. The summed E-state index contributed by atoms with van der Waals surface area (Å²) in [6, 6.07) is 58.6. The number of hydrogen-bond acceptors (Lipinski definition) is 1. The normalized spacial score (nSPS) is 28.0. The second kappa shape index (κ2) is 11.7. The summed E-state index contributed by atoms with van der Waals surface area (Å²) < 4.78 is 0. The quantitative estimate of drug-likeness (QED) is 0.169. The van der Waals surface area contributed by atoms with Crippen LogP contribution < -0.4 is 4.90 Å². The van der Waals surface area contributed by atoms with Gasteiger partial charge in [-0.2, -0.15) is 0 Å². The van der Waals surface area contributed by atoms with E-state index >= 15 is 0 Å². The van der Waals surface area contributed by atoms with Gasteiger partial charge in [0.05, 0.1) is 5.69 Å². The molecule has 2 spiro atoms. The highest BCUT2D eigenvalue weighted by atomic mass is 15.1. The van der Waals surface area contributed by atoms with Crippen LogP contribution in [0.4, 0.5) is 17.1 Å². The number of fused-ring (bicyclic) bond motifs is 10. The molecule has 0 radical (unpaired) electrons. The highest BCUT2D eigenvalue weighted by Gasteiger charge is 2.84. The minimum Gasteiger partial charge on any atom is -0.310 e. The zero-order valence-corrected chi connectivity index (χ0v) is 34.9. The van der Waals surface area contributed by atoms with Crippen molar-refractivity contribution in [3.05, 3.63) is 174 Å². The van der Waals surface area contributed by atoms with E-state index in [9.17, 15) is 0 Å². The van der Waals surface area contributed by atoms with Crippen LogP contribution in [0, 0.1) is 29.1 Å². The van der Waals surface area contributed by atoms with E-state index in [1.54, 1.807) is 11.1 Å². The summed E-state index contributed by atoms with van der Waals surface area (Å²) in [6.07, 6.45) is 8.29. The molecule has 1 nitrogen and oxygen atoms in total. The second-order valence-electron chi connectivity index (χ2n) is 20.8. The monoisotopic (exact) mass is 763 g/mol. The molecule has 13 rings (SSSR count). The maximum atomic E-state index is 2.57. The zero-order valence-electron chi connectivity index (χ0n) is 34.9. The van der Waals surface area contributed by atoms with Gasteiger partial charge in [0.15, 0.2) is 0 Å². The van der Waals surface area contributed by atoms with Gasteiger partial charge in [-0.05, 0) is 176 Å². The van der Waals surface area contributed by atoms with Gasteiger partial charge >= 0.3 is 0 Å². The molecule has 7 aromatic rings. The van der Waals surface area contributed by atoms with Crippen LogP contribution in [-0.4, -0.2) is 0 Å². The van der Waals surface area contributed by atoms with Gasteiger partial charge in [0.1, 0.15) is 0 Å². The van der Waals surface area contributed by atoms with E-state index in [0.717, 1.165) is 23.7 Å². The molecule has 0 amide bonds. The van der Waals surface area contributed by atoms with Crippen LogP contribution in [0.5, 0.6) is 0 Å². The predicted molar refractivity (Wildman–Crippen MR) is 246 cm³/mol. The van der Waals surface area contributed by atoms with Crippen molar-refractivity contribution in [1.29, 1.82) is 0 Å². The SMILES string of the molecule is CC1(C)CCC(C)(C)c2cc(-c3ccc(N(c4ccc(-c5ccc6ccccc6c5)cc4)c4cccc5c4-c4ccccc4C54C5CC6CC7CC4C75C6)cc3)ccc21. The van der Waals surface area contributed by atoms with E-state index < -0.39 is 0 Å². The Balaban J connectivity index is 0.954. The minimum absolute atomic E-state index is 0.165. The fourth-order valence-corrected chi connectivity index (χ4v) is 14.7. The van der Waals surface area contributed by atoms with Gasteiger partial charge in [-0.3, -0.25) is 0 Å². The number of nitrogens with zero attached hydrogens (tertiary/aromatic N) is 1. The lowest BCUT2D eigenvalue weighted by molar-refractivity contribution is -0.231. The second-order valence-corrected chi connectivity index (χ2v) is 20.8. The number of anilines is 3. The van der Waals surface area contributed by atoms with Crippen molar-refractivity contribution in [1.82, 2.24) is 0 Å². The summed E-state index contributed by atoms with van der Waals surface area (Å²) >= 11 is 0. The molecule has 6 unspecified atom stereocenters. The van der Waals surface area contributed by atoms with E-state index in [2.05, 4.69) is 184 Å². The van der Waals surface area contributed by atoms with Gasteiger partial charge < -0.3 is 4.90 Å². The van der Waals surface area contributed by atoms with E-state index in [0.29, 0.717) is 5.41 Å². The van der Waals surface area contributed by atoms with Crippen molar-refractivity contribution < 1.29 is 0 Å². The fraction of sp³-hybridized carbons (Fsp3) is 0.310. The lowest BCUT2D eigenvalue weighted by Crippen LogP contribution is -2.73. The summed E-state index contributed by atoms with van der Waals surface area (Å²) in [4.78, 5) is 2.57. The summed E-state index contributed by atoms with van der Waals surface area (Å²) in [5.74, 6) is 3.50. The van der Waals surface area contributed by atoms with Crippen LogP contribution in [0.1, 0.15) is 88.5 Å². The van der Waals surface area contributed by atoms with Crippen LogP contribution in [0.2, 0.25) is 0 Å². The first-order chi connectivity index (χ1) is 28.7. The lowest BCUT2D eigenvalue weighted by atomic mass is 9.27. The van der Waals surface area contributed by atoms with Crippen LogP contribution in [0.3, 0.4) is 0 Å². The molecule has 290 valence electrons. The summed E-state index contributed by atoms with van der Waals surface area (Å²) in [6.45, 7) is 9.70. The Morgan fingerprint density at radius 2 is 1.08 bits per heavy atom. The van der Waals surface area contributed by atoms with Crippen molar-refractivity contribution in [2.75, 3.05) is 4.90 Å². The number of hydrogen-bond donors (Lipinski definition) is 0.